The summed E-state index contributed by atoms with van der Waals surface area (Å²) in [5, 5.41) is -0.646. The first-order valence-corrected chi connectivity index (χ1v) is 1.72. The van der Waals surface area contributed by atoms with E-state index in [2.05, 4.69) is 0 Å². The number of hydrogen-bond donors (Lipinski definition) is 0. The Labute approximate surface area is 51.8 Å². The van der Waals surface area contributed by atoms with E-state index in [-0.39, 0.29) is 12.4 Å². The van der Waals surface area contributed by atoms with Gasteiger partial charge in [-0.05, 0) is 0 Å². The van der Waals surface area contributed by atoms with Crippen LogP contribution in [0, 0.1) is 0 Å². The van der Waals surface area contributed by atoms with E-state index in [4.69, 9.17) is 0 Å². The molecule has 0 aliphatic carbocycles. The summed E-state index contributed by atoms with van der Waals surface area (Å²) in [6.45, 7) is 0.479. The molecule has 0 spiro atoms. The third kappa shape index (κ3) is 4.21. The minimum Gasteiger partial charge on any atom is -0.186 e. The Morgan fingerprint density at radius 3 is 1.50 bits per heavy atom. The smallest absolute Gasteiger partial charge is 0.186 e. The summed E-state index contributed by atoms with van der Waals surface area (Å²) >= 11 is 0. The van der Waals surface area contributed by atoms with Gasteiger partial charge in [0.1, 0.15) is 0 Å². The summed E-state index contributed by atoms with van der Waals surface area (Å²) in [6.07, 6.45) is 0. The van der Waals surface area contributed by atoms with Gasteiger partial charge in [0.2, 0.25) is 0 Å². The molecule has 52 valence electrons. The highest BCUT2D eigenvalue weighted by Gasteiger charge is 2.27. The third-order valence-corrected chi connectivity index (χ3v) is 0.541. The van der Waals surface area contributed by atoms with E-state index in [9.17, 15) is 13.3 Å². The largest absolute Gasteiger partial charge is 0.326 e. The lowest BCUT2D eigenvalue weighted by Gasteiger charge is -2.12. The summed E-state index contributed by atoms with van der Waals surface area (Å²) in [5.74, 6) is 0. The molecule has 0 radical (unpaired) electrons. The summed E-state index contributed by atoms with van der Waals surface area (Å²) in [5.41, 5.74) is 0. The van der Waals surface area contributed by atoms with Crippen LogP contribution in [0.3, 0.4) is 0 Å². The van der Waals surface area contributed by atoms with Gasteiger partial charge in [-0.1, -0.05) is 5.12 Å². The summed E-state index contributed by atoms with van der Waals surface area (Å²) in [6, 6.07) is -3.33. The average Bonchev–Trinajstić information content (AvgIpc) is 1.31. The van der Waals surface area contributed by atoms with Gasteiger partial charge in [0.15, 0.2) is 0 Å². The highest BCUT2D eigenvalue weighted by molar-refractivity contribution is 5.85. The van der Waals surface area contributed by atoms with Crippen LogP contribution >= 0.6 is 12.4 Å². The Morgan fingerprint density at radius 1 is 1.38 bits per heavy atom. The van der Waals surface area contributed by atoms with Gasteiger partial charge in [0, 0.05) is 14.0 Å². The Bertz CT molecular complexity index is 60.0. The molecule has 0 saturated heterocycles. The van der Waals surface area contributed by atoms with Crippen molar-refractivity contribution >= 4 is 12.4 Å². The maximum Gasteiger partial charge on any atom is 0.326 e. The third-order valence-electron chi connectivity index (χ3n) is 0.541. The van der Waals surface area contributed by atoms with Crippen LogP contribution in [0.4, 0.5) is 13.3 Å². The van der Waals surface area contributed by atoms with E-state index in [1.165, 1.54) is 0 Å². The second-order valence-corrected chi connectivity index (χ2v) is 1.32. The molecule has 0 unspecified atom stereocenters. The van der Waals surface area contributed by atoms with Crippen LogP contribution in [0.1, 0.15) is 6.92 Å². The fourth-order valence-electron chi connectivity index (χ4n) is 0. The van der Waals surface area contributed by atoms with Crippen LogP contribution < -0.4 is 0 Å². The molecule has 0 aromatic carbocycles. The molecule has 0 amide bonds. The van der Waals surface area contributed by atoms with Gasteiger partial charge in [0.05, 0.1) is 0 Å². The van der Waals surface area contributed by atoms with E-state index < -0.39 is 11.2 Å². The summed E-state index contributed by atoms with van der Waals surface area (Å²) in [7, 11) is 0.667. The first-order valence-electron chi connectivity index (χ1n) is 1.72. The highest BCUT2D eigenvalue weighted by atomic mass is 35.5. The molecule has 5 heteroatoms. The van der Waals surface area contributed by atoms with Crippen LogP contribution in [0.2, 0.25) is 0 Å². The van der Waals surface area contributed by atoms with Gasteiger partial charge in [-0.15, -0.1) is 16.9 Å². The van der Waals surface area contributed by atoms with Crippen molar-refractivity contribution in [2.24, 2.45) is 0 Å². The zero-order valence-corrected chi connectivity index (χ0v) is 5.31. The fraction of sp³-hybridized carbons (Fsp3) is 1.00. The van der Waals surface area contributed by atoms with Gasteiger partial charge in [-0.3, -0.25) is 0 Å². The van der Waals surface area contributed by atoms with E-state index in [1.807, 2.05) is 0 Å². The second-order valence-electron chi connectivity index (χ2n) is 1.32. The zero-order chi connectivity index (χ0) is 6.08. The average molecular weight is 150 g/mol. The molecule has 0 rings (SSSR count). The van der Waals surface area contributed by atoms with Crippen molar-refractivity contribution in [2.75, 3.05) is 7.05 Å². The SMILES string of the molecule is CN(F)C(C)(F)F.Cl. The first kappa shape index (κ1) is 10.9. The molecule has 0 N–H and O–H groups in total. The van der Waals surface area contributed by atoms with Crippen LogP contribution in [-0.4, -0.2) is 18.2 Å². The molecule has 8 heavy (non-hydrogen) atoms. The molecule has 0 heterocycles. The van der Waals surface area contributed by atoms with Crippen molar-refractivity contribution in [3.63, 3.8) is 0 Å². The molecule has 0 aliphatic heterocycles. The Morgan fingerprint density at radius 2 is 1.50 bits per heavy atom. The van der Waals surface area contributed by atoms with E-state index in [1.54, 1.807) is 0 Å². The van der Waals surface area contributed by atoms with E-state index in [0.29, 0.717) is 14.0 Å². The first-order chi connectivity index (χ1) is 2.94. The lowest BCUT2D eigenvalue weighted by molar-refractivity contribution is -0.208. The molecule has 0 bridgehead atoms. The molecule has 0 saturated carbocycles. The quantitative estimate of drug-likeness (QED) is 0.406. The van der Waals surface area contributed by atoms with Gasteiger partial charge in [-0.25, -0.2) is 0 Å². The monoisotopic (exact) mass is 149 g/mol. The van der Waals surface area contributed by atoms with Crippen LogP contribution in [0.15, 0.2) is 0 Å². The predicted molar refractivity (Wildman–Crippen MR) is 26.7 cm³/mol. The van der Waals surface area contributed by atoms with Crippen molar-refractivity contribution in [2.45, 2.75) is 13.0 Å². The number of nitrogens with zero attached hydrogens (tertiary/aromatic N) is 1. The summed E-state index contributed by atoms with van der Waals surface area (Å²) < 4.78 is 34.1. The molecular weight excluding hydrogens is 142 g/mol. The number of halogens is 4. The standard InChI is InChI=1S/C3H6F3N.ClH/c1-3(4,5)7(2)6;/h1-2H3;1H. The van der Waals surface area contributed by atoms with E-state index >= 15 is 0 Å². The number of hydrogen-bond acceptors (Lipinski definition) is 1. The Kier molecular flexibility index (Phi) is 4.29. The number of alkyl halides is 2. The van der Waals surface area contributed by atoms with Crippen molar-refractivity contribution in [3.8, 4) is 0 Å². The van der Waals surface area contributed by atoms with Gasteiger partial charge in [0.25, 0.3) is 0 Å². The maximum absolute atomic E-state index is 11.4. The predicted octanol–water partition coefficient (Wildman–Crippen LogP) is 1.84. The van der Waals surface area contributed by atoms with E-state index in [0.717, 1.165) is 0 Å². The Balaban J connectivity index is 0. The fourth-order valence-corrected chi connectivity index (χ4v) is 0. The minimum absolute atomic E-state index is 0. The van der Waals surface area contributed by atoms with Crippen molar-refractivity contribution in [1.82, 2.24) is 5.12 Å². The molecule has 0 aromatic rings. The molecule has 0 fully saturated rings. The van der Waals surface area contributed by atoms with Crippen LogP contribution in [0.5, 0.6) is 0 Å². The highest BCUT2D eigenvalue weighted by Crippen LogP contribution is 2.15. The molecular formula is C3H7ClF3N. The van der Waals surface area contributed by atoms with Crippen molar-refractivity contribution < 1.29 is 13.3 Å². The van der Waals surface area contributed by atoms with Gasteiger partial charge >= 0.3 is 6.05 Å². The van der Waals surface area contributed by atoms with Crippen molar-refractivity contribution in [1.29, 1.82) is 0 Å². The molecule has 0 atom stereocenters. The minimum atomic E-state index is -3.33. The van der Waals surface area contributed by atoms with Crippen LogP contribution in [0.25, 0.3) is 0 Å². The van der Waals surface area contributed by atoms with Gasteiger partial charge in [-0.2, -0.15) is 8.78 Å². The molecule has 0 aromatic heterocycles. The lowest BCUT2D eigenvalue weighted by atomic mass is 10.6. The topological polar surface area (TPSA) is 3.24 Å². The maximum atomic E-state index is 11.4. The second kappa shape index (κ2) is 3.14. The molecule has 1 nitrogen and oxygen atoms in total. The zero-order valence-electron chi connectivity index (χ0n) is 4.49. The number of rotatable bonds is 1. The summed E-state index contributed by atoms with van der Waals surface area (Å²) in [4.78, 5) is 0. The Hall–Kier alpha value is 0.0400. The normalized spacial score (nSPS) is 11.2. The lowest BCUT2D eigenvalue weighted by Crippen LogP contribution is -2.27. The van der Waals surface area contributed by atoms with Crippen LogP contribution in [-0.2, 0) is 0 Å². The van der Waals surface area contributed by atoms with Crippen molar-refractivity contribution in [3.05, 3.63) is 0 Å². The van der Waals surface area contributed by atoms with Gasteiger partial charge < -0.3 is 0 Å². The molecule has 0 aliphatic rings.